The molecule has 3 aromatic carbocycles. The van der Waals surface area contributed by atoms with Gasteiger partial charge in [-0.25, -0.2) is 15.1 Å². The lowest BCUT2D eigenvalue weighted by atomic mass is 9.89. The van der Waals surface area contributed by atoms with E-state index < -0.39 is 28.8 Å². The number of hydrazine groups is 1. The van der Waals surface area contributed by atoms with Gasteiger partial charge in [0.05, 0.1) is 5.92 Å². The molecule has 0 fully saturated rings. The summed E-state index contributed by atoms with van der Waals surface area (Å²) in [7, 11) is 0. The van der Waals surface area contributed by atoms with Gasteiger partial charge in [-0.3, -0.25) is 14.4 Å². The number of amides is 3. The van der Waals surface area contributed by atoms with Gasteiger partial charge in [-0.05, 0) is 41.5 Å². The number of rotatable bonds is 15. The topological polar surface area (TPSA) is 200 Å². The summed E-state index contributed by atoms with van der Waals surface area (Å²) in [4.78, 5) is 54.4. The molecule has 0 saturated heterocycles. The van der Waals surface area contributed by atoms with Gasteiger partial charge in [0.1, 0.15) is 6.04 Å². The number of aryl methyl sites for hydroxylation is 1. The van der Waals surface area contributed by atoms with Gasteiger partial charge >= 0.3 is 0 Å². The van der Waals surface area contributed by atoms with Crippen LogP contribution < -0.4 is 22.6 Å². The molecule has 1 atom stereocenters. The van der Waals surface area contributed by atoms with E-state index in [1.54, 1.807) is 5.43 Å². The zero-order chi connectivity index (χ0) is 30.5. The zero-order valence-electron chi connectivity index (χ0n) is 23.1. The molecule has 0 saturated carbocycles. The van der Waals surface area contributed by atoms with Crippen molar-refractivity contribution in [1.29, 1.82) is 0 Å². The minimum atomic E-state index is -0.998. The summed E-state index contributed by atoms with van der Waals surface area (Å²) < 4.78 is 0. The maximum atomic E-state index is 14.4. The molecule has 0 heterocycles. The molecule has 3 aromatic rings. The number of hydrogen-bond acceptors (Lipinski definition) is 6. The molecule has 0 unspecified atom stereocenters. The molecular weight excluding hydrogens is 538 g/mol. The SMILES string of the molecule is NC(=O)CCc1ccc(CN(C(=O)C(c2ccccc2)c2ccccc2)[C@H](CCCN=C(N)N[N+](=O)[O-])C(N)=O)cc1. The third kappa shape index (κ3) is 9.44. The number of benzene rings is 3. The Hall–Kier alpha value is -5.26. The van der Waals surface area contributed by atoms with Gasteiger partial charge in [0, 0.05) is 19.5 Å². The fourth-order valence-electron chi connectivity index (χ4n) is 4.62. The zero-order valence-corrected chi connectivity index (χ0v) is 23.1. The number of primary amides is 2. The van der Waals surface area contributed by atoms with E-state index in [1.807, 2.05) is 84.9 Å². The van der Waals surface area contributed by atoms with Crippen molar-refractivity contribution >= 4 is 23.7 Å². The number of carbonyl (C=O) groups excluding carboxylic acids is 3. The molecule has 0 aliphatic rings. The van der Waals surface area contributed by atoms with Crippen LogP contribution in [-0.2, 0) is 27.3 Å². The highest BCUT2D eigenvalue weighted by atomic mass is 16.7. The first kappa shape index (κ1) is 31.3. The van der Waals surface area contributed by atoms with Gasteiger partial charge in [0.15, 0.2) is 5.03 Å². The first-order valence-corrected chi connectivity index (χ1v) is 13.4. The Morgan fingerprint density at radius 3 is 1.90 bits per heavy atom. The molecule has 12 heteroatoms. The molecule has 12 nitrogen and oxygen atoms in total. The van der Waals surface area contributed by atoms with Crippen molar-refractivity contribution in [1.82, 2.24) is 10.3 Å². The van der Waals surface area contributed by atoms with Crippen molar-refractivity contribution in [2.45, 2.75) is 44.2 Å². The molecular formula is C30H35N7O5. The van der Waals surface area contributed by atoms with Crippen LogP contribution in [0.4, 0.5) is 0 Å². The summed E-state index contributed by atoms with van der Waals surface area (Å²) in [5.41, 5.74) is 21.6. The van der Waals surface area contributed by atoms with E-state index in [0.29, 0.717) is 6.42 Å². The second-order valence-electron chi connectivity index (χ2n) is 9.70. The Balaban J connectivity index is 1.95. The highest BCUT2D eigenvalue weighted by molar-refractivity contribution is 5.92. The molecule has 0 bridgehead atoms. The summed E-state index contributed by atoms with van der Waals surface area (Å²) in [5, 5.41) is 9.75. The smallest absolute Gasteiger partial charge is 0.251 e. The van der Waals surface area contributed by atoms with E-state index in [4.69, 9.17) is 17.2 Å². The minimum Gasteiger partial charge on any atom is -0.370 e. The molecule has 7 N–H and O–H groups in total. The largest absolute Gasteiger partial charge is 0.370 e. The van der Waals surface area contributed by atoms with Crippen LogP contribution in [0.2, 0.25) is 0 Å². The Kier molecular flexibility index (Phi) is 11.5. The van der Waals surface area contributed by atoms with Gasteiger partial charge in [-0.1, -0.05) is 90.4 Å². The summed E-state index contributed by atoms with van der Waals surface area (Å²) in [5.74, 6) is -2.47. The van der Waals surface area contributed by atoms with Crippen molar-refractivity contribution in [2.24, 2.45) is 22.2 Å². The van der Waals surface area contributed by atoms with Crippen LogP contribution in [0.25, 0.3) is 0 Å². The van der Waals surface area contributed by atoms with E-state index in [9.17, 15) is 24.5 Å². The molecule has 3 amide bonds. The monoisotopic (exact) mass is 573 g/mol. The number of hydrogen-bond donors (Lipinski definition) is 4. The van der Waals surface area contributed by atoms with Crippen molar-refractivity contribution in [3.63, 3.8) is 0 Å². The predicted molar refractivity (Wildman–Crippen MR) is 158 cm³/mol. The van der Waals surface area contributed by atoms with Crippen molar-refractivity contribution in [3.8, 4) is 0 Å². The van der Waals surface area contributed by atoms with Crippen LogP contribution in [0.5, 0.6) is 0 Å². The van der Waals surface area contributed by atoms with Crippen molar-refractivity contribution in [2.75, 3.05) is 6.54 Å². The van der Waals surface area contributed by atoms with Crippen LogP contribution in [0.1, 0.15) is 47.4 Å². The summed E-state index contributed by atoms with van der Waals surface area (Å²) in [6.45, 7) is 0.167. The molecule has 220 valence electrons. The van der Waals surface area contributed by atoms with Gasteiger partial charge in [0.2, 0.25) is 17.7 Å². The first-order chi connectivity index (χ1) is 20.2. The Morgan fingerprint density at radius 1 is 0.857 bits per heavy atom. The summed E-state index contributed by atoms with van der Waals surface area (Å²) >= 11 is 0. The van der Waals surface area contributed by atoms with Gasteiger partial charge < -0.3 is 22.1 Å². The third-order valence-corrected chi connectivity index (χ3v) is 6.66. The van der Waals surface area contributed by atoms with Gasteiger partial charge in [-0.15, -0.1) is 0 Å². The summed E-state index contributed by atoms with van der Waals surface area (Å²) in [6.07, 6.45) is 1.14. The maximum Gasteiger partial charge on any atom is 0.251 e. The van der Waals surface area contributed by atoms with Crippen LogP contribution in [0.15, 0.2) is 89.9 Å². The van der Waals surface area contributed by atoms with E-state index >= 15 is 0 Å². The second-order valence-corrected chi connectivity index (χ2v) is 9.70. The first-order valence-electron chi connectivity index (χ1n) is 13.4. The van der Waals surface area contributed by atoms with Crippen LogP contribution in [0.3, 0.4) is 0 Å². The van der Waals surface area contributed by atoms with Gasteiger partial charge in [-0.2, -0.15) is 0 Å². The second kappa shape index (κ2) is 15.5. The molecule has 0 aromatic heterocycles. The van der Waals surface area contributed by atoms with Crippen LogP contribution in [0, 0.1) is 10.1 Å². The van der Waals surface area contributed by atoms with Crippen LogP contribution in [-0.4, -0.2) is 46.2 Å². The lowest BCUT2D eigenvalue weighted by molar-refractivity contribution is -0.525. The van der Waals surface area contributed by atoms with E-state index in [1.165, 1.54) is 4.90 Å². The third-order valence-electron chi connectivity index (χ3n) is 6.66. The standard InChI is InChI=1S/C30H35N7O5/c31-26(38)18-17-21-13-15-22(16-14-21)20-36(25(28(32)39)12-7-19-34-30(33)35-37(41)42)29(40)27(23-8-3-1-4-9-23)24-10-5-2-6-11-24/h1-6,8-11,13-16,25,27H,7,12,17-20H2,(H2,31,38)(H2,32,39)(H3,33,34,35)/t25-/m1/s1. The van der Waals surface area contributed by atoms with E-state index in [-0.39, 0.29) is 44.2 Å². The molecule has 0 radical (unpaired) electrons. The lowest BCUT2D eigenvalue weighted by Gasteiger charge is -2.33. The van der Waals surface area contributed by atoms with Gasteiger partial charge in [0.25, 0.3) is 5.96 Å². The number of guanidine groups is 1. The fraction of sp³-hybridized carbons (Fsp3) is 0.267. The van der Waals surface area contributed by atoms with E-state index in [0.717, 1.165) is 22.3 Å². The fourth-order valence-corrected chi connectivity index (χ4v) is 4.62. The number of nitro groups is 1. The summed E-state index contributed by atoms with van der Waals surface area (Å²) in [6, 6.07) is 24.9. The Labute approximate surface area is 243 Å². The quantitative estimate of drug-likeness (QED) is 0.0700. The predicted octanol–water partition coefficient (Wildman–Crippen LogP) is 2.00. The van der Waals surface area contributed by atoms with Crippen molar-refractivity contribution in [3.05, 3.63) is 117 Å². The molecule has 0 spiro atoms. The molecule has 0 aliphatic heterocycles. The molecule has 0 aliphatic carbocycles. The minimum absolute atomic E-state index is 0.0772. The maximum absolute atomic E-state index is 14.4. The lowest BCUT2D eigenvalue weighted by Crippen LogP contribution is -2.49. The highest BCUT2D eigenvalue weighted by Gasteiger charge is 2.34. The average Bonchev–Trinajstić information content (AvgIpc) is 2.96. The highest BCUT2D eigenvalue weighted by Crippen LogP contribution is 2.29. The van der Waals surface area contributed by atoms with Crippen molar-refractivity contribution < 1.29 is 19.4 Å². The Bertz CT molecular complexity index is 1340. The normalized spacial score (nSPS) is 12.0. The molecule has 3 rings (SSSR count). The Morgan fingerprint density at radius 2 is 1.40 bits per heavy atom. The molecule has 42 heavy (non-hydrogen) atoms. The van der Waals surface area contributed by atoms with E-state index in [2.05, 4.69) is 4.99 Å². The van der Waals surface area contributed by atoms with Crippen LogP contribution >= 0.6 is 0 Å². The number of nitrogens with two attached hydrogens (primary N) is 3. The number of aliphatic imine (C=N–C) groups is 1. The average molecular weight is 574 g/mol. The number of nitrogens with one attached hydrogen (secondary N) is 1. The number of nitrogens with zero attached hydrogens (tertiary/aromatic N) is 3. The number of carbonyl (C=O) groups is 3.